The molecule has 1 fully saturated rings. The molecule has 3 rings (SSSR count). The van der Waals surface area contributed by atoms with Crippen molar-refractivity contribution in [1.29, 1.82) is 0 Å². The molecule has 6 heteroatoms. The molecule has 124 valence electrons. The summed E-state index contributed by atoms with van der Waals surface area (Å²) in [5.74, 6) is 1.11. The lowest BCUT2D eigenvalue weighted by Gasteiger charge is -2.39. The van der Waals surface area contributed by atoms with Gasteiger partial charge in [-0.05, 0) is 33.0 Å². The number of likely N-dealkylation sites (N-methyl/N-ethyl adjacent to an activating group) is 1. The highest BCUT2D eigenvalue weighted by molar-refractivity contribution is 5.93. The van der Waals surface area contributed by atoms with Gasteiger partial charge in [-0.3, -0.25) is 9.69 Å². The number of piperazine rings is 1. The molecule has 0 spiro atoms. The summed E-state index contributed by atoms with van der Waals surface area (Å²) >= 11 is 0. The molecule has 0 radical (unpaired) electrons. The van der Waals surface area contributed by atoms with Crippen LogP contribution in [0.25, 0.3) is 0 Å². The Balaban J connectivity index is 1.82. The van der Waals surface area contributed by atoms with Gasteiger partial charge in [0.2, 0.25) is 0 Å². The predicted octanol–water partition coefficient (Wildman–Crippen LogP) is 1.93. The van der Waals surface area contributed by atoms with Crippen molar-refractivity contribution < 1.29 is 4.79 Å². The average molecular weight is 315 g/mol. The molecule has 0 unspecified atom stereocenters. The minimum atomic E-state index is 0.107. The van der Waals surface area contributed by atoms with E-state index in [1.807, 2.05) is 51.8 Å². The number of amides is 1. The summed E-state index contributed by atoms with van der Waals surface area (Å²) in [5, 5.41) is 0. The van der Waals surface area contributed by atoms with Crippen molar-refractivity contribution in [3.05, 3.63) is 42.2 Å². The second kappa shape index (κ2) is 6.20. The summed E-state index contributed by atoms with van der Waals surface area (Å²) < 4.78 is 4.07. The highest BCUT2D eigenvalue weighted by atomic mass is 16.2. The van der Waals surface area contributed by atoms with Gasteiger partial charge >= 0.3 is 0 Å². The summed E-state index contributed by atoms with van der Waals surface area (Å²) in [5.41, 5.74) is 0.767. The molecule has 1 saturated heterocycles. The van der Waals surface area contributed by atoms with Crippen molar-refractivity contribution in [3.8, 4) is 0 Å². The lowest BCUT2D eigenvalue weighted by molar-refractivity contribution is 0.0517. The van der Waals surface area contributed by atoms with Crippen LogP contribution in [0, 0.1) is 0 Å². The SMILES string of the molecule is CC(C)n1cccc1C(=O)N1CCN(C)[C@@H](c2nccn2C)C1. The van der Waals surface area contributed by atoms with E-state index >= 15 is 0 Å². The first-order valence-corrected chi connectivity index (χ1v) is 8.12. The maximum Gasteiger partial charge on any atom is 0.270 e. The van der Waals surface area contributed by atoms with Gasteiger partial charge in [0.15, 0.2) is 0 Å². The van der Waals surface area contributed by atoms with Crippen LogP contribution in [0.4, 0.5) is 0 Å². The lowest BCUT2D eigenvalue weighted by Crippen LogP contribution is -2.50. The predicted molar refractivity (Wildman–Crippen MR) is 89.3 cm³/mol. The molecule has 6 nitrogen and oxygen atoms in total. The molecule has 0 bridgehead atoms. The third kappa shape index (κ3) is 2.91. The van der Waals surface area contributed by atoms with Gasteiger partial charge in [-0.25, -0.2) is 4.98 Å². The third-order valence-electron chi connectivity index (χ3n) is 4.65. The Morgan fingerprint density at radius 3 is 2.70 bits per heavy atom. The smallest absolute Gasteiger partial charge is 0.270 e. The Labute approximate surface area is 137 Å². The van der Waals surface area contributed by atoms with Crippen LogP contribution in [0.15, 0.2) is 30.7 Å². The van der Waals surface area contributed by atoms with Crippen molar-refractivity contribution in [3.63, 3.8) is 0 Å². The van der Waals surface area contributed by atoms with E-state index in [2.05, 4.69) is 30.8 Å². The zero-order chi connectivity index (χ0) is 16.6. The number of imidazole rings is 1. The van der Waals surface area contributed by atoms with E-state index in [1.54, 1.807) is 0 Å². The minimum absolute atomic E-state index is 0.107. The second-order valence-electron chi connectivity index (χ2n) is 6.54. The van der Waals surface area contributed by atoms with E-state index in [-0.39, 0.29) is 18.0 Å². The molecule has 0 aliphatic carbocycles. The van der Waals surface area contributed by atoms with Crippen LogP contribution >= 0.6 is 0 Å². The fourth-order valence-corrected chi connectivity index (χ4v) is 3.22. The summed E-state index contributed by atoms with van der Waals surface area (Å²) in [7, 11) is 4.10. The normalized spacial score (nSPS) is 19.5. The van der Waals surface area contributed by atoms with Crippen LogP contribution in [-0.2, 0) is 7.05 Å². The van der Waals surface area contributed by atoms with E-state index in [1.165, 1.54) is 0 Å². The first-order valence-electron chi connectivity index (χ1n) is 8.12. The molecule has 1 atom stereocenters. The number of carbonyl (C=O) groups excluding carboxylic acids is 1. The summed E-state index contributed by atoms with van der Waals surface area (Å²) in [6, 6.07) is 4.27. The second-order valence-corrected chi connectivity index (χ2v) is 6.54. The number of aryl methyl sites for hydroxylation is 1. The van der Waals surface area contributed by atoms with E-state index in [9.17, 15) is 4.79 Å². The molecule has 1 aliphatic heterocycles. The Morgan fingerprint density at radius 2 is 2.04 bits per heavy atom. The van der Waals surface area contributed by atoms with Gasteiger partial charge in [0.05, 0.1) is 6.04 Å². The van der Waals surface area contributed by atoms with Crippen LogP contribution in [0.3, 0.4) is 0 Å². The molecule has 0 saturated carbocycles. The molecular formula is C17H25N5O. The maximum atomic E-state index is 13.0. The summed E-state index contributed by atoms with van der Waals surface area (Å²) in [4.78, 5) is 21.6. The molecule has 0 aromatic carbocycles. The lowest BCUT2D eigenvalue weighted by atomic mass is 10.1. The topological polar surface area (TPSA) is 46.3 Å². The Kier molecular flexibility index (Phi) is 4.26. The van der Waals surface area contributed by atoms with Crippen molar-refractivity contribution in [2.24, 2.45) is 7.05 Å². The van der Waals surface area contributed by atoms with E-state index in [0.29, 0.717) is 6.54 Å². The van der Waals surface area contributed by atoms with Crippen LogP contribution in [0.1, 0.15) is 42.2 Å². The Bertz CT molecular complexity index is 687. The number of carbonyl (C=O) groups is 1. The molecule has 1 aliphatic rings. The van der Waals surface area contributed by atoms with E-state index < -0.39 is 0 Å². The van der Waals surface area contributed by atoms with E-state index in [4.69, 9.17) is 0 Å². The molecule has 23 heavy (non-hydrogen) atoms. The first kappa shape index (κ1) is 15.8. The molecular weight excluding hydrogens is 290 g/mol. The van der Waals surface area contributed by atoms with Gasteiger partial charge in [-0.15, -0.1) is 0 Å². The Morgan fingerprint density at radius 1 is 1.26 bits per heavy atom. The molecule has 2 aromatic heterocycles. The van der Waals surface area contributed by atoms with Gasteiger partial charge < -0.3 is 14.0 Å². The number of nitrogens with zero attached hydrogens (tertiary/aromatic N) is 5. The summed E-state index contributed by atoms with van der Waals surface area (Å²) in [6.07, 6.45) is 5.74. The number of hydrogen-bond donors (Lipinski definition) is 0. The van der Waals surface area contributed by atoms with Crippen LogP contribution in [-0.4, -0.2) is 56.5 Å². The van der Waals surface area contributed by atoms with Crippen LogP contribution in [0.5, 0.6) is 0 Å². The maximum absolute atomic E-state index is 13.0. The zero-order valence-electron chi connectivity index (χ0n) is 14.3. The average Bonchev–Trinajstić information content (AvgIpc) is 3.16. The zero-order valence-corrected chi connectivity index (χ0v) is 14.3. The molecule has 3 heterocycles. The highest BCUT2D eigenvalue weighted by Gasteiger charge is 2.32. The van der Waals surface area contributed by atoms with Gasteiger partial charge in [0, 0.05) is 51.3 Å². The molecule has 0 N–H and O–H groups in total. The largest absolute Gasteiger partial charge is 0.341 e. The van der Waals surface area contributed by atoms with Crippen molar-refractivity contribution in [2.75, 3.05) is 26.7 Å². The van der Waals surface area contributed by atoms with Crippen LogP contribution in [0.2, 0.25) is 0 Å². The third-order valence-corrected chi connectivity index (χ3v) is 4.65. The van der Waals surface area contributed by atoms with Crippen molar-refractivity contribution in [1.82, 2.24) is 23.9 Å². The van der Waals surface area contributed by atoms with Gasteiger partial charge in [-0.1, -0.05) is 0 Å². The monoisotopic (exact) mass is 315 g/mol. The highest BCUT2D eigenvalue weighted by Crippen LogP contribution is 2.24. The van der Waals surface area contributed by atoms with Crippen molar-refractivity contribution in [2.45, 2.75) is 25.9 Å². The number of hydrogen-bond acceptors (Lipinski definition) is 3. The fourth-order valence-electron chi connectivity index (χ4n) is 3.22. The van der Waals surface area contributed by atoms with Gasteiger partial charge in [0.1, 0.15) is 11.5 Å². The summed E-state index contributed by atoms with van der Waals surface area (Å²) in [6.45, 7) is 6.46. The molecule has 2 aromatic rings. The van der Waals surface area contributed by atoms with Gasteiger partial charge in [-0.2, -0.15) is 0 Å². The van der Waals surface area contributed by atoms with Gasteiger partial charge in [0.25, 0.3) is 5.91 Å². The van der Waals surface area contributed by atoms with Crippen LogP contribution < -0.4 is 0 Å². The first-order chi connectivity index (χ1) is 11.0. The van der Waals surface area contributed by atoms with Crippen molar-refractivity contribution >= 4 is 5.91 Å². The van der Waals surface area contributed by atoms with E-state index in [0.717, 1.165) is 24.6 Å². The fraction of sp³-hybridized carbons (Fsp3) is 0.529. The minimum Gasteiger partial charge on any atom is -0.341 e. The standard InChI is InChI=1S/C17H25N5O/c1-13(2)22-8-5-6-14(22)17(23)21-11-10-19(3)15(12-21)16-18-7-9-20(16)4/h5-9,13,15H,10-12H2,1-4H3/t15-/m1/s1. The number of aromatic nitrogens is 3. The Hall–Kier alpha value is -2.08. The quantitative estimate of drug-likeness (QED) is 0.869. The molecule has 1 amide bonds. The number of rotatable bonds is 3.